The lowest BCUT2D eigenvalue weighted by Crippen LogP contribution is -2.48. The number of anilines is 1. The molecule has 1 aliphatic heterocycles. The maximum atomic E-state index is 12.8. The van der Waals surface area contributed by atoms with E-state index >= 15 is 0 Å². The van der Waals surface area contributed by atoms with Crippen molar-refractivity contribution in [3.05, 3.63) is 65.2 Å². The molecular formula is C22H26F3N3O. The van der Waals surface area contributed by atoms with E-state index in [1.807, 2.05) is 12.1 Å². The molecule has 29 heavy (non-hydrogen) atoms. The number of amides is 1. The molecule has 1 amide bonds. The Bertz CT molecular complexity index is 826. The number of halogens is 3. The Morgan fingerprint density at radius 2 is 1.69 bits per heavy atom. The van der Waals surface area contributed by atoms with Gasteiger partial charge in [0.15, 0.2) is 0 Å². The topological polar surface area (TPSA) is 35.6 Å². The van der Waals surface area contributed by atoms with Gasteiger partial charge in [-0.2, -0.15) is 13.2 Å². The summed E-state index contributed by atoms with van der Waals surface area (Å²) in [4.78, 5) is 17.1. The van der Waals surface area contributed by atoms with Crippen LogP contribution in [0.2, 0.25) is 0 Å². The highest BCUT2D eigenvalue weighted by molar-refractivity contribution is 5.94. The van der Waals surface area contributed by atoms with E-state index in [1.54, 1.807) is 18.2 Å². The van der Waals surface area contributed by atoms with Crippen LogP contribution in [0.25, 0.3) is 0 Å². The zero-order valence-electron chi connectivity index (χ0n) is 16.7. The summed E-state index contributed by atoms with van der Waals surface area (Å²) in [6, 6.07) is 12.9. The predicted molar refractivity (Wildman–Crippen MR) is 108 cm³/mol. The van der Waals surface area contributed by atoms with Gasteiger partial charge < -0.3 is 10.2 Å². The zero-order chi connectivity index (χ0) is 21.0. The Morgan fingerprint density at radius 1 is 1.03 bits per heavy atom. The second kappa shape index (κ2) is 8.86. The van der Waals surface area contributed by atoms with E-state index in [-0.39, 0.29) is 12.5 Å². The number of benzene rings is 2. The molecule has 0 radical (unpaired) electrons. The Morgan fingerprint density at radius 3 is 2.28 bits per heavy atom. The highest BCUT2D eigenvalue weighted by atomic mass is 19.4. The molecule has 2 aromatic rings. The van der Waals surface area contributed by atoms with Crippen molar-refractivity contribution in [1.29, 1.82) is 0 Å². The van der Waals surface area contributed by atoms with Crippen molar-refractivity contribution in [2.24, 2.45) is 0 Å². The monoisotopic (exact) mass is 405 g/mol. The fourth-order valence-electron chi connectivity index (χ4n) is 3.46. The van der Waals surface area contributed by atoms with Gasteiger partial charge in [0, 0.05) is 50.0 Å². The summed E-state index contributed by atoms with van der Waals surface area (Å²) in [5.41, 5.74) is 1.25. The first-order chi connectivity index (χ1) is 13.7. The number of alkyl halides is 3. The van der Waals surface area contributed by atoms with Crippen LogP contribution in [0.1, 0.15) is 35.3 Å². The molecule has 1 fully saturated rings. The van der Waals surface area contributed by atoms with Crippen LogP contribution in [0.4, 0.5) is 18.9 Å². The Balaban J connectivity index is 1.56. The average molecular weight is 405 g/mol. The van der Waals surface area contributed by atoms with Crippen LogP contribution in [-0.2, 0) is 12.7 Å². The van der Waals surface area contributed by atoms with Gasteiger partial charge in [0.1, 0.15) is 0 Å². The van der Waals surface area contributed by atoms with Crippen LogP contribution in [0.5, 0.6) is 0 Å². The summed E-state index contributed by atoms with van der Waals surface area (Å²) in [6.07, 6.45) is -4.39. The summed E-state index contributed by atoms with van der Waals surface area (Å²) in [5, 5.41) is 2.68. The molecule has 7 heteroatoms. The van der Waals surface area contributed by atoms with Crippen LogP contribution in [0.3, 0.4) is 0 Å². The third-order valence-electron chi connectivity index (χ3n) is 5.25. The van der Waals surface area contributed by atoms with Crippen LogP contribution >= 0.6 is 0 Å². The van der Waals surface area contributed by atoms with Gasteiger partial charge in [0.25, 0.3) is 5.91 Å². The number of hydrogen-bond acceptors (Lipinski definition) is 3. The van der Waals surface area contributed by atoms with Gasteiger partial charge in [-0.25, -0.2) is 0 Å². The summed E-state index contributed by atoms with van der Waals surface area (Å²) >= 11 is 0. The van der Waals surface area contributed by atoms with E-state index < -0.39 is 11.7 Å². The summed E-state index contributed by atoms with van der Waals surface area (Å²) in [5.74, 6) is -0.307. The third-order valence-corrected chi connectivity index (χ3v) is 5.25. The maximum Gasteiger partial charge on any atom is 0.416 e. The zero-order valence-corrected chi connectivity index (χ0v) is 16.7. The van der Waals surface area contributed by atoms with Crippen LogP contribution in [0.15, 0.2) is 48.5 Å². The molecule has 1 heterocycles. The average Bonchev–Trinajstić information content (AvgIpc) is 2.72. The third kappa shape index (κ3) is 5.50. The van der Waals surface area contributed by atoms with Gasteiger partial charge in [0.2, 0.25) is 0 Å². The smallest absolute Gasteiger partial charge is 0.369 e. The van der Waals surface area contributed by atoms with E-state index in [0.717, 1.165) is 44.0 Å². The molecule has 0 aliphatic carbocycles. The fourth-order valence-corrected chi connectivity index (χ4v) is 3.46. The number of rotatable bonds is 5. The minimum absolute atomic E-state index is 0.0433. The van der Waals surface area contributed by atoms with Crippen LogP contribution in [-0.4, -0.2) is 43.0 Å². The van der Waals surface area contributed by atoms with E-state index in [1.165, 1.54) is 6.07 Å². The predicted octanol–water partition coefficient (Wildman–Crippen LogP) is 4.17. The summed E-state index contributed by atoms with van der Waals surface area (Å²) < 4.78 is 38.4. The SMILES string of the molecule is CC(C)N1CCN(c2ccc(C(=O)NCc3cccc(C(F)(F)F)c3)cc2)CC1. The van der Waals surface area contributed by atoms with Crippen molar-refractivity contribution in [2.45, 2.75) is 32.6 Å². The lowest BCUT2D eigenvalue weighted by atomic mass is 10.1. The van der Waals surface area contributed by atoms with E-state index in [2.05, 4.69) is 29.0 Å². The van der Waals surface area contributed by atoms with E-state index in [4.69, 9.17) is 0 Å². The van der Waals surface area contributed by atoms with Crippen molar-refractivity contribution < 1.29 is 18.0 Å². The number of hydrogen-bond donors (Lipinski definition) is 1. The second-order valence-electron chi connectivity index (χ2n) is 7.54. The number of carbonyl (C=O) groups is 1. The first-order valence-electron chi connectivity index (χ1n) is 9.77. The van der Waals surface area contributed by atoms with Crippen molar-refractivity contribution in [3.63, 3.8) is 0 Å². The number of nitrogens with one attached hydrogen (secondary N) is 1. The van der Waals surface area contributed by atoms with Crippen molar-refractivity contribution in [1.82, 2.24) is 10.2 Å². The molecule has 0 saturated carbocycles. The molecule has 0 atom stereocenters. The van der Waals surface area contributed by atoms with Crippen molar-refractivity contribution >= 4 is 11.6 Å². The molecule has 1 saturated heterocycles. The van der Waals surface area contributed by atoms with Crippen LogP contribution < -0.4 is 10.2 Å². The number of piperazine rings is 1. The molecule has 3 rings (SSSR count). The van der Waals surface area contributed by atoms with E-state index in [9.17, 15) is 18.0 Å². The Kier molecular flexibility index (Phi) is 6.47. The van der Waals surface area contributed by atoms with Crippen LogP contribution in [0, 0.1) is 0 Å². The molecule has 2 aromatic carbocycles. The fraction of sp³-hybridized carbons (Fsp3) is 0.409. The minimum Gasteiger partial charge on any atom is -0.369 e. The first-order valence-corrected chi connectivity index (χ1v) is 9.77. The van der Waals surface area contributed by atoms with E-state index in [0.29, 0.717) is 17.2 Å². The van der Waals surface area contributed by atoms with Gasteiger partial charge in [-0.1, -0.05) is 12.1 Å². The van der Waals surface area contributed by atoms with Gasteiger partial charge in [0.05, 0.1) is 5.56 Å². The van der Waals surface area contributed by atoms with Gasteiger partial charge in [-0.05, 0) is 55.8 Å². The Labute approximate surface area is 169 Å². The molecule has 0 bridgehead atoms. The molecule has 0 spiro atoms. The normalized spacial score (nSPS) is 15.6. The van der Waals surface area contributed by atoms with Gasteiger partial charge in [-0.3, -0.25) is 9.69 Å². The molecule has 0 aromatic heterocycles. The second-order valence-corrected chi connectivity index (χ2v) is 7.54. The molecule has 156 valence electrons. The number of carbonyl (C=O) groups excluding carboxylic acids is 1. The standard InChI is InChI=1S/C22H26F3N3O/c1-16(2)27-10-12-28(13-11-27)20-8-6-18(7-9-20)21(29)26-15-17-4-3-5-19(14-17)22(23,24)25/h3-9,14,16H,10-13,15H2,1-2H3,(H,26,29). The summed E-state index contributed by atoms with van der Waals surface area (Å²) in [7, 11) is 0. The largest absolute Gasteiger partial charge is 0.416 e. The lowest BCUT2D eigenvalue weighted by Gasteiger charge is -2.38. The number of nitrogens with zero attached hydrogens (tertiary/aromatic N) is 2. The molecule has 0 unspecified atom stereocenters. The molecule has 1 aliphatic rings. The molecule has 1 N–H and O–H groups in total. The minimum atomic E-state index is -4.39. The Hall–Kier alpha value is -2.54. The highest BCUT2D eigenvalue weighted by Crippen LogP contribution is 2.29. The van der Waals surface area contributed by atoms with Crippen molar-refractivity contribution in [3.8, 4) is 0 Å². The van der Waals surface area contributed by atoms with Gasteiger partial charge in [-0.15, -0.1) is 0 Å². The molecular weight excluding hydrogens is 379 g/mol. The van der Waals surface area contributed by atoms with Crippen molar-refractivity contribution in [2.75, 3.05) is 31.1 Å². The lowest BCUT2D eigenvalue weighted by molar-refractivity contribution is -0.137. The summed E-state index contributed by atoms with van der Waals surface area (Å²) in [6.45, 7) is 8.35. The highest BCUT2D eigenvalue weighted by Gasteiger charge is 2.30. The maximum absolute atomic E-state index is 12.8. The quantitative estimate of drug-likeness (QED) is 0.811. The molecule has 4 nitrogen and oxygen atoms in total. The van der Waals surface area contributed by atoms with Gasteiger partial charge >= 0.3 is 6.18 Å². The first kappa shape index (κ1) is 21.2.